The number of pyridine rings is 1. The Morgan fingerprint density at radius 1 is 1.12 bits per heavy atom. The van der Waals surface area contributed by atoms with Gasteiger partial charge in [-0.3, -0.25) is 14.3 Å². The van der Waals surface area contributed by atoms with Crippen LogP contribution in [-0.2, 0) is 13.6 Å². The van der Waals surface area contributed by atoms with E-state index < -0.39 is 5.82 Å². The Balaban J connectivity index is 1.59. The van der Waals surface area contributed by atoms with Gasteiger partial charge < -0.3 is 14.8 Å². The van der Waals surface area contributed by atoms with Crippen molar-refractivity contribution in [1.82, 2.24) is 24.6 Å². The van der Waals surface area contributed by atoms with Gasteiger partial charge in [-0.2, -0.15) is 5.10 Å². The molecule has 1 N–H and O–H groups in total. The number of nitrogens with zero attached hydrogens (tertiary/aromatic N) is 4. The molecule has 0 saturated carbocycles. The molecule has 7 nitrogen and oxygen atoms in total. The average Bonchev–Trinajstić information content (AvgIpc) is 3.20. The van der Waals surface area contributed by atoms with Crippen molar-refractivity contribution < 1.29 is 9.18 Å². The van der Waals surface area contributed by atoms with Gasteiger partial charge in [0, 0.05) is 49.0 Å². The van der Waals surface area contributed by atoms with Crippen LogP contribution in [-0.4, -0.2) is 52.3 Å². The molecule has 0 aliphatic rings. The molecule has 0 radical (unpaired) electrons. The molecule has 0 atom stereocenters. The van der Waals surface area contributed by atoms with Crippen LogP contribution in [0.2, 0.25) is 0 Å². The topological polar surface area (TPSA) is 72.2 Å². The largest absolute Gasteiger partial charge is 0.351 e. The number of amides is 1. The van der Waals surface area contributed by atoms with E-state index in [0.717, 1.165) is 16.6 Å². The highest BCUT2D eigenvalue weighted by atomic mass is 19.1. The fraction of sp³-hybridized carbons (Fsp3) is 0.240. The van der Waals surface area contributed by atoms with Gasteiger partial charge in [0.1, 0.15) is 5.82 Å². The minimum Gasteiger partial charge on any atom is -0.351 e. The summed E-state index contributed by atoms with van der Waals surface area (Å²) in [5.74, 6) is -0.855. The van der Waals surface area contributed by atoms with Crippen LogP contribution < -0.4 is 10.9 Å². The first-order valence-corrected chi connectivity index (χ1v) is 10.7. The Kier molecular flexibility index (Phi) is 6.37. The Labute approximate surface area is 191 Å². The van der Waals surface area contributed by atoms with Gasteiger partial charge in [0.05, 0.1) is 12.2 Å². The number of rotatable bonds is 7. The van der Waals surface area contributed by atoms with Crippen LogP contribution in [0.3, 0.4) is 0 Å². The Hall–Kier alpha value is -3.78. The Bertz CT molecular complexity index is 1370. The van der Waals surface area contributed by atoms with Crippen molar-refractivity contribution in [1.29, 1.82) is 0 Å². The fourth-order valence-corrected chi connectivity index (χ4v) is 3.79. The van der Waals surface area contributed by atoms with Crippen LogP contribution in [0.25, 0.3) is 22.0 Å². The monoisotopic (exact) mass is 447 g/mol. The number of likely N-dealkylation sites (N-methyl/N-ethyl adjacent to an activating group) is 1. The quantitative estimate of drug-likeness (QED) is 0.473. The number of aromatic nitrogens is 3. The molecule has 4 aromatic rings. The normalized spacial score (nSPS) is 11.3. The molecular formula is C25H26FN5O2. The number of carbonyl (C=O) groups is 1. The zero-order valence-electron chi connectivity index (χ0n) is 18.9. The molecule has 2 aromatic heterocycles. The van der Waals surface area contributed by atoms with Gasteiger partial charge in [0.2, 0.25) is 0 Å². The van der Waals surface area contributed by atoms with Crippen molar-refractivity contribution in [2.75, 3.05) is 27.2 Å². The maximum absolute atomic E-state index is 14.2. The van der Waals surface area contributed by atoms with E-state index in [9.17, 15) is 14.0 Å². The lowest BCUT2D eigenvalue weighted by molar-refractivity contribution is 0.0950. The van der Waals surface area contributed by atoms with Gasteiger partial charge in [0.15, 0.2) is 0 Å². The van der Waals surface area contributed by atoms with Gasteiger partial charge in [0.25, 0.3) is 11.5 Å². The van der Waals surface area contributed by atoms with Gasteiger partial charge >= 0.3 is 0 Å². The molecule has 0 aliphatic heterocycles. The van der Waals surface area contributed by atoms with Crippen molar-refractivity contribution in [3.05, 3.63) is 88.2 Å². The highest BCUT2D eigenvalue weighted by molar-refractivity contribution is 5.94. The molecule has 0 saturated heterocycles. The first-order valence-electron chi connectivity index (χ1n) is 10.7. The molecule has 0 spiro atoms. The molecule has 4 rings (SSSR count). The van der Waals surface area contributed by atoms with Gasteiger partial charge in [-0.1, -0.05) is 6.07 Å². The molecule has 8 heteroatoms. The number of hydrogen-bond donors (Lipinski definition) is 1. The Morgan fingerprint density at radius 2 is 1.94 bits per heavy atom. The third kappa shape index (κ3) is 5.01. The zero-order valence-corrected chi connectivity index (χ0v) is 18.9. The summed E-state index contributed by atoms with van der Waals surface area (Å²) in [5.41, 5.74) is 2.52. The molecular weight excluding hydrogens is 421 g/mol. The van der Waals surface area contributed by atoms with Crippen molar-refractivity contribution in [2.24, 2.45) is 7.05 Å². The minimum atomic E-state index is -0.514. The molecule has 0 unspecified atom stereocenters. The zero-order chi connectivity index (χ0) is 23.5. The number of aryl methyl sites for hydroxylation is 1. The highest BCUT2D eigenvalue weighted by Gasteiger charge is 2.11. The second-order valence-corrected chi connectivity index (χ2v) is 8.30. The SMILES string of the molecule is CN(C)CCNC(=O)c1cc(F)cc(Cn2ccc3cc(-c4ccnn4C)ccc3c2=O)c1. The van der Waals surface area contributed by atoms with Crippen molar-refractivity contribution >= 4 is 16.7 Å². The summed E-state index contributed by atoms with van der Waals surface area (Å²) in [6.45, 7) is 1.30. The predicted molar refractivity (Wildman–Crippen MR) is 127 cm³/mol. The van der Waals surface area contributed by atoms with E-state index in [2.05, 4.69) is 10.4 Å². The van der Waals surface area contributed by atoms with Crippen LogP contribution in [0.4, 0.5) is 4.39 Å². The number of hydrogen-bond acceptors (Lipinski definition) is 4. The summed E-state index contributed by atoms with van der Waals surface area (Å²) in [6, 6.07) is 13.6. The van der Waals surface area contributed by atoms with E-state index in [1.807, 2.05) is 50.3 Å². The van der Waals surface area contributed by atoms with E-state index in [-0.39, 0.29) is 23.6 Å². The van der Waals surface area contributed by atoms with Gasteiger partial charge in [-0.15, -0.1) is 0 Å². The smallest absolute Gasteiger partial charge is 0.258 e. The summed E-state index contributed by atoms with van der Waals surface area (Å²) in [6.07, 6.45) is 3.42. The van der Waals surface area contributed by atoms with Crippen LogP contribution in [0.1, 0.15) is 15.9 Å². The van der Waals surface area contributed by atoms with Crippen LogP contribution in [0.5, 0.6) is 0 Å². The molecule has 2 heterocycles. The summed E-state index contributed by atoms with van der Waals surface area (Å²) in [7, 11) is 5.69. The van der Waals surface area contributed by atoms with E-state index >= 15 is 0 Å². The lowest BCUT2D eigenvalue weighted by Gasteiger charge is -2.12. The molecule has 2 aromatic carbocycles. The van der Waals surface area contributed by atoms with Crippen LogP contribution in [0.15, 0.2) is 65.7 Å². The molecule has 170 valence electrons. The predicted octanol–water partition coefficient (Wildman–Crippen LogP) is 2.88. The summed E-state index contributed by atoms with van der Waals surface area (Å²) >= 11 is 0. The number of nitrogens with one attached hydrogen (secondary N) is 1. The van der Waals surface area contributed by atoms with E-state index in [4.69, 9.17) is 0 Å². The average molecular weight is 448 g/mol. The molecule has 33 heavy (non-hydrogen) atoms. The lowest BCUT2D eigenvalue weighted by Crippen LogP contribution is -2.31. The number of fused-ring (bicyclic) bond motifs is 1. The molecule has 0 bridgehead atoms. The number of benzene rings is 2. The second-order valence-electron chi connectivity index (χ2n) is 8.30. The van der Waals surface area contributed by atoms with E-state index in [1.165, 1.54) is 16.7 Å². The first kappa shape index (κ1) is 22.4. The Morgan fingerprint density at radius 3 is 2.67 bits per heavy atom. The standard InChI is InChI=1S/C25H26FN5O2/c1-29(2)11-9-27-24(32)20-12-17(13-21(26)15-20)16-31-10-7-18-14-19(4-5-22(18)25(31)33)23-6-8-28-30(23)3/h4-8,10,12-15H,9,11,16H2,1-3H3,(H,27,32). The van der Waals surface area contributed by atoms with Gasteiger partial charge in [-0.05, 0) is 67.5 Å². The molecule has 0 fully saturated rings. The fourth-order valence-electron chi connectivity index (χ4n) is 3.79. The van der Waals surface area contributed by atoms with Crippen molar-refractivity contribution in [3.8, 4) is 11.3 Å². The molecule has 1 amide bonds. The van der Waals surface area contributed by atoms with Crippen molar-refractivity contribution in [2.45, 2.75) is 6.54 Å². The lowest BCUT2D eigenvalue weighted by atomic mass is 10.1. The van der Waals surface area contributed by atoms with Crippen molar-refractivity contribution in [3.63, 3.8) is 0 Å². The highest BCUT2D eigenvalue weighted by Crippen LogP contribution is 2.22. The van der Waals surface area contributed by atoms with Gasteiger partial charge in [-0.25, -0.2) is 4.39 Å². The third-order valence-electron chi connectivity index (χ3n) is 5.51. The maximum atomic E-state index is 14.2. The summed E-state index contributed by atoms with van der Waals surface area (Å²) in [5, 5.41) is 8.36. The minimum absolute atomic E-state index is 0.161. The van der Waals surface area contributed by atoms with Crippen LogP contribution in [0, 0.1) is 5.82 Å². The number of carbonyl (C=O) groups excluding carboxylic acids is 1. The summed E-state index contributed by atoms with van der Waals surface area (Å²) < 4.78 is 17.5. The third-order valence-corrected chi connectivity index (χ3v) is 5.51. The number of halogens is 1. The van der Waals surface area contributed by atoms with E-state index in [0.29, 0.717) is 24.0 Å². The van der Waals surface area contributed by atoms with E-state index in [1.54, 1.807) is 29.2 Å². The summed E-state index contributed by atoms with van der Waals surface area (Å²) in [4.78, 5) is 27.4. The van der Waals surface area contributed by atoms with Crippen LogP contribution >= 0.6 is 0 Å². The first-order chi connectivity index (χ1) is 15.8. The maximum Gasteiger partial charge on any atom is 0.258 e. The second kappa shape index (κ2) is 9.38. The molecule has 0 aliphatic carbocycles.